The van der Waals surface area contributed by atoms with E-state index in [1.807, 2.05) is 30.3 Å². The van der Waals surface area contributed by atoms with E-state index in [2.05, 4.69) is 10.6 Å². The van der Waals surface area contributed by atoms with Crippen LogP contribution in [0.5, 0.6) is 11.5 Å². The summed E-state index contributed by atoms with van der Waals surface area (Å²) in [6.45, 7) is 0. The number of rotatable bonds is 7. The van der Waals surface area contributed by atoms with Crippen LogP contribution >= 0.6 is 0 Å². The number of nitrogens with one attached hydrogen (secondary N) is 2. The first-order chi connectivity index (χ1) is 14.1. The van der Waals surface area contributed by atoms with E-state index in [9.17, 15) is 9.59 Å². The van der Waals surface area contributed by atoms with Gasteiger partial charge in [-0.2, -0.15) is 0 Å². The molecule has 3 aromatic carbocycles. The van der Waals surface area contributed by atoms with E-state index in [1.165, 1.54) is 14.2 Å². The summed E-state index contributed by atoms with van der Waals surface area (Å²) in [7, 11) is 3.06. The van der Waals surface area contributed by atoms with E-state index < -0.39 is 0 Å². The number of anilines is 2. The number of amides is 2. The molecule has 0 aromatic heterocycles. The minimum Gasteiger partial charge on any atom is -0.497 e. The van der Waals surface area contributed by atoms with Gasteiger partial charge in [0.25, 0.3) is 5.91 Å². The Kier molecular flexibility index (Phi) is 6.47. The number of carbonyl (C=O) groups is 2. The molecule has 29 heavy (non-hydrogen) atoms. The Hall–Kier alpha value is -3.80. The summed E-state index contributed by atoms with van der Waals surface area (Å²) in [6, 6.07) is 21.4. The quantitative estimate of drug-likeness (QED) is 0.636. The minimum absolute atomic E-state index is 0.100. The zero-order valence-corrected chi connectivity index (χ0v) is 16.3. The number of hydrogen-bond acceptors (Lipinski definition) is 4. The van der Waals surface area contributed by atoms with E-state index in [-0.39, 0.29) is 11.8 Å². The Morgan fingerprint density at radius 3 is 1.86 bits per heavy atom. The van der Waals surface area contributed by atoms with Crippen LogP contribution < -0.4 is 20.1 Å². The van der Waals surface area contributed by atoms with Crippen molar-refractivity contribution in [3.63, 3.8) is 0 Å². The van der Waals surface area contributed by atoms with Gasteiger partial charge in [-0.05, 0) is 42.0 Å². The van der Waals surface area contributed by atoms with Crippen molar-refractivity contribution in [1.82, 2.24) is 0 Å². The van der Waals surface area contributed by atoms with Gasteiger partial charge in [0.1, 0.15) is 11.5 Å². The normalized spacial score (nSPS) is 10.1. The van der Waals surface area contributed by atoms with Gasteiger partial charge in [-0.1, -0.05) is 30.3 Å². The molecular formula is C23H22N2O4. The lowest BCUT2D eigenvalue weighted by atomic mass is 10.1. The second-order valence-electron chi connectivity index (χ2n) is 6.34. The van der Waals surface area contributed by atoms with Crippen molar-refractivity contribution in [2.45, 2.75) is 6.42 Å². The molecule has 0 aliphatic heterocycles. The van der Waals surface area contributed by atoms with E-state index in [0.717, 1.165) is 5.56 Å². The highest BCUT2D eigenvalue weighted by Crippen LogP contribution is 2.23. The third-order valence-corrected chi connectivity index (χ3v) is 4.25. The fourth-order valence-electron chi connectivity index (χ4n) is 2.77. The zero-order chi connectivity index (χ0) is 20.6. The molecule has 0 unspecified atom stereocenters. The Balaban J connectivity index is 1.61. The molecule has 0 spiro atoms. The van der Waals surface area contributed by atoms with Gasteiger partial charge in [0.15, 0.2) is 0 Å². The predicted octanol–water partition coefficient (Wildman–Crippen LogP) is 4.14. The number of carbonyl (C=O) groups excluding carboxylic acids is 2. The van der Waals surface area contributed by atoms with Gasteiger partial charge in [-0.3, -0.25) is 9.59 Å². The molecule has 3 aromatic rings. The lowest BCUT2D eigenvalue weighted by Crippen LogP contribution is -2.15. The molecule has 0 saturated heterocycles. The van der Waals surface area contributed by atoms with Crippen LogP contribution in [0.25, 0.3) is 0 Å². The van der Waals surface area contributed by atoms with Crippen LogP contribution in [0.3, 0.4) is 0 Å². The third-order valence-electron chi connectivity index (χ3n) is 4.25. The van der Waals surface area contributed by atoms with Gasteiger partial charge >= 0.3 is 0 Å². The molecule has 3 rings (SSSR count). The first-order valence-electron chi connectivity index (χ1n) is 9.05. The van der Waals surface area contributed by atoms with E-state index in [4.69, 9.17) is 9.47 Å². The second-order valence-corrected chi connectivity index (χ2v) is 6.34. The van der Waals surface area contributed by atoms with Gasteiger partial charge in [-0.15, -0.1) is 0 Å². The molecule has 0 heterocycles. The van der Waals surface area contributed by atoms with Crippen LogP contribution in [0.2, 0.25) is 0 Å². The summed E-state index contributed by atoms with van der Waals surface area (Å²) < 4.78 is 10.4. The highest BCUT2D eigenvalue weighted by atomic mass is 16.5. The van der Waals surface area contributed by atoms with Crippen molar-refractivity contribution in [3.8, 4) is 11.5 Å². The Bertz CT molecular complexity index is 963. The van der Waals surface area contributed by atoms with Gasteiger partial charge in [-0.25, -0.2) is 0 Å². The monoisotopic (exact) mass is 390 g/mol. The smallest absolute Gasteiger partial charge is 0.255 e. The fourth-order valence-corrected chi connectivity index (χ4v) is 2.77. The summed E-state index contributed by atoms with van der Waals surface area (Å²) in [5.74, 6) is 0.677. The van der Waals surface area contributed by atoms with Gasteiger partial charge in [0.2, 0.25) is 5.91 Å². The molecular weight excluding hydrogens is 368 g/mol. The minimum atomic E-state index is -0.289. The van der Waals surface area contributed by atoms with Crippen molar-refractivity contribution in [2.24, 2.45) is 0 Å². The highest BCUT2D eigenvalue weighted by molar-refractivity contribution is 6.05. The average molecular weight is 390 g/mol. The molecule has 148 valence electrons. The molecule has 0 aliphatic rings. The van der Waals surface area contributed by atoms with Gasteiger partial charge < -0.3 is 20.1 Å². The summed E-state index contributed by atoms with van der Waals surface area (Å²) >= 11 is 0. The van der Waals surface area contributed by atoms with Crippen molar-refractivity contribution in [3.05, 3.63) is 83.9 Å². The summed E-state index contributed by atoms with van der Waals surface area (Å²) in [6.07, 6.45) is 0.303. The van der Waals surface area contributed by atoms with Crippen LogP contribution in [-0.2, 0) is 11.2 Å². The van der Waals surface area contributed by atoms with Crippen LogP contribution in [0.15, 0.2) is 72.8 Å². The summed E-state index contributed by atoms with van der Waals surface area (Å²) in [4.78, 5) is 24.7. The van der Waals surface area contributed by atoms with E-state index in [1.54, 1.807) is 42.5 Å². The van der Waals surface area contributed by atoms with Crippen LogP contribution in [0.1, 0.15) is 15.9 Å². The van der Waals surface area contributed by atoms with Crippen LogP contribution in [-0.4, -0.2) is 26.0 Å². The molecule has 2 N–H and O–H groups in total. The molecule has 2 amide bonds. The molecule has 0 saturated carbocycles. The van der Waals surface area contributed by atoms with Crippen LogP contribution in [0.4, 0.5) is 11.4 Å². The largest absolute Gasteiger partial charge is 0.497 e. The number of benzene rings is 3. The molecule has 6 nitrogen and oxygen atoms in total. The third kappa shape index (κ3) is 5.59. The fraction of sp³-hybridized carbons (Fsp3) is 0.130. The van der Waals surface area contributed by atoms with Crippen molar-refractivity contribution >= 4 is 23.2 Å². The second kappa shape index (κ2) is 9.41. The number of methoxy groups -OCH3 is 2. The van der Waals surface area contributed by atoms with E-state index in [0.29, 0.717) is 34.9 Å². The Morgan fingerprint density at radius 2 is 1.31 bits per heavy atom. The van der Waals surface area contributed by atoms with Crippen molar-refractivity contribution in [1.29, 1.82) is 0 Å². The van der Waals surface area contributed by atoms with Gasteiger partial charge in [0, 0.05) is 23.0 Å². The molecule has 6 heteroatoms. The maximum atomic E-state index is 12.5. The maximum absolute atomic E-state index is 12.5. The molecule has 0 aliphatic carbocycles. The Morgan fingerprint density at radius 1 is 0.759 bits per heavy atom. The van der Waals surface area contributed by atoms with Gasteiger partial charge in [0.05, 0.1) is 20.6 Å². The molecule has 0 atom stereocenters. The topological polar surface area (TPSA) is 76.7 Å². The molecule has 0 radical (unpaired) electrons. The maximum Gasteiger partial charge on any atom is 0.255 e. The van der Waals surface area contributed by atoms with Crippen molar-refractivity contribution in [2.75, 3.05) is 24.9 Å². The van der Waals surface area contributed by atoms with Crippen LogP contribution in [0, 0.1) is 0 Å². The first kappa shape index (κ1) is 19.9. The molecule has 0 fully saturated rings. The summed E-state index contributed by atoms with van der Waals surface area (Å²) in [5.41, 5.74) is 2.63. The van der Waals surface area contributed by atoms with Crippen molar-refractivity contribution < 1.29 is 19.1 Å². The average Bonchev–Trinajstić information content (AvgIpc) is 2.75. The SMILES string of the molecule is COc1cc(OC)cc(C(=O)Nc2ccc(NC(=O)Cc3ccccc3)cc2)c1. The number of hydrogen-bond donors (Lipinski definition) is 2. The predicted molar refractivity (Wildman–Crippen MR) is 113 cm³/mol. The molecule has 0 bridgehead atoms. The Labute approximate surface area is 169 Å². The van der Waals surface area contributed by atoms with E-state index >= 15 is 0 Å². The summed E-state index contributed by atoms with van der Waals surface area (Å²) in [5, 5.41) is 5.67. The lowest BCUT2D eigenvalue weighted by Gasteiger charge is -2.10. The first-order valence-corrected chi connectivity index (χ1v) is 9.05. The standard InChI is InChI=1S/C23H22N2O4/c1-28-20-13-17(14-21(15-20)29-2)23(27)25-19-10-8-18(9-11-19)24-22(26)12-16-6-4-3-5-7-16/h3-11,13-15H,12H2,1-2H3,(H,24,26)(H,25,27). The number of ether oxygens (including phenoxy) is 2. The lowest BCUT2D eigenvalue weighted by molar-refractivity contribution is -0.115. The highest BCUT2D eigenvalue weighted by Gasteiger charge is 2.11. The zero-order valence-electron chi connectivity index (χ0n) is 16.3.